The van der Waals surface area contributed by atoms with Gasteiger partial charge in [-0.1, -0.05) is 32.0 Å². The van der Waals surface area contributed by atoms with Crippen molar-refractivity contribution in [1.29, 1.82) is 0 Å². The highest BCUT2D eigenvalue weighted by molar-refractivity contribution is 5.77. The zero-order valence-electron chi connectivity index (χ0n) is 15.2. The van der Waals surface area contributed by atoms with Crippen LogP contribution in [0, 0.1) is 0 Å². The first-order valence-corrected chi connectivity index (χ1v) is 8.96. The summed E-state index contributed by atoms with van der Waals surface area (Å²) in [7, 11) is 0. The summed E-state index contributed by atoms with van der Waals surface area (Å²) in [5, 5.41) is 13.0. The lowest BCUT2D eigenvalue weighted by Gasteiger charge is -2.14. The molecule has 0 saturated carbocycles. The molecular formula is C21H25NO4. The van der Waals surface area contributed by atoms with Crippen LogP contribution in [0.5, 0.6) is 11.5 Å². The maximum Gasteiger partial charge on any atom is 0.258 e. The lowest BCUT2D eigenvalue weighted by Crippen LogP contribution is -2.32. The maximum absolute atomic E-state index is 11.9. The number of amides is 1. The van der Waals surface area contributed by atoms with Gasteiger partial charge in [0.2, 0.25) is 0 Å². The van der Waals surface area contributed by atoms with Crippen LogP contribution >= 0.6 is 0 Å². The van der Waals surface area contributed by atoms with E-state index in [1.165, 1.54) is 5.56 Å². The number of rotatable bonds is 7. The molecule has 0 radical (unpaired) electrons. The van der Waals surface area contributed by atoms with Crippen molar-refractivity contribution >= 4 is 5.91 Å². The number of carbonyl (C=O) groups is 1. The number of benzene rings is 2. The topological polar surface area (TPSA) is 67.8 Å². The van der Waals surface area contributed by atoms with E-state index in [0.29, 0.717) is 18.3 Å². The van der Waals surface area contributed by atoms with Gasteiger partial charge in [-0.25, -0.2) is 0 Å². The number of aliphatic hydroxyl groups excluding tert-OH is 1. The summed E-state index contributed by atoms with van der Waals surface area (Å²) in [6.45, 7) is 5.01. The van der Waals surface area contributed by atoms with E-state index in [1.807, 2.05) is 42.5 Å². The minimum atomic E-state index is -0.754. The van der Waals surface area contributed by atoms with Crippen LogP contribution in [0.4, 0.5) is 0 Å². The smallest absolute Gasteiger partial charge is 0.258 e. The van der Waals surface area contributed by atoms with Crippen molar-refractivity contribution in [3.05, 3.63) is 59.2 Å². The van der Waals surface area contributed by atoms with Crippen molar-refractivity contribution < 1.29 is 19.4 Å². The summed E-state index contributed by atoms with van der Waals surface area (Å²) in [5.41, 5.74) is 3.10. The third-order valence-corrected chi connectivity index (χ3v) is 4.51. The number of carbonyl (C=O) groups excluding carboxylic acids is 1. The Balaban J connectivity index is 1.45. The van der Waals surface area contributed by atoms with Crippen LogP contribution in [-0.2, 0) is 11.2 Å². The van der Waals surface area contributed by atoms with Gasteiger partial charge in [0.25, 0.3) is 5.91 Å². The normalized spacial score (nSPS) is 13.8. The molecular weight excluding hydrogens is 330 g/mol. The average molecular weight is 355 g/mol. The molecule has 26 heavy (non-hydrogen) atoms. The van der Waals surface area contributed by atoms with Crippen molar-refractivity contribution in [1.82, 2.24) is 5.32 Å². The first-order valence-electron chi connectivity index (χ1n) is 8.96. The van der Waals surface area contributed by atoms with E-state index in [2.05, 4.69) is 19.2 Å². The first-order chi connectivity index (χ1) is 12.5. The molecule has 0 fully saturated rings. The summed E-state index contributed by atoms with van der Waals surface area (Å²) in [4.78, 5) is 11.9. The van der Waals surface area contributed by atoms with Gasteiger partial charge in [0.05, 0.1) is 12.7 Å². The fourth-order valence-corrected chi connectivity index (χ4v) is 2.89. The lowest BCUT2D eigenvalue weighted by atomic mass is 10.0. The van der Waals surface area contributed by atoms with Gasteiger partial charge in [0.1, 0.15) is 11.5 Å². The zero-order valence-corrected chi connectivity index (χ0v) is 15.2. The second-order valence-electron chi connectivity index (χ2n) is 6.80. The van der Waals surface area contributed by atoms with Gasteiger partial charge in [-0.3, -0.25) is 4.79 Å². The molecule has 0 aliphatic carbocycles. The van der Waals surface area contributed by atoms with Gasteiger partial charge in [-0.05, 0) is 46.9 Å². The average Bonchev–Trinajstić information content (AvgIpc) is 3.12. The molecule has 3 rings (SSSR count). The summed E-state index contributed by atoms with van der Waals surface area (Å²) in [6, 6.07) is 13.4. The lowest BCUT2D eigenvalue weighted by molar-refractivity contribution is -0.123. The highest BCUT2D eigenvalue weighted by atomic mass is 16.5. The fourth-order valence-electron chi connectivity index (χ4n) is 2.89. The molecule has 5 heteroatoms. The SMILES string of the molecule is CC(C)c1ccc(OCC(=O)NCC(O)c2ccc3c(c2)CCO3)cc1. The molecule has 1 heterocycles. The van der Waals surface area contributed by atoms with Crippen LogP contribution in [0.1, 0.15) is 42.6 Å². The van der Waals surface area contributed by atoms with Crippen LogP contribution in [-0.4, -0.2) is 30.8 Å². The molecule has 0 spiro atoms. The molecule has 0 bridgehead atoms. The van der Waals surface area contributed by atoms with Gasteiger partial charge < -0.3 is 19.9 Å². The second-order valence-corrected chi connectivity index (χ2v) is 6.80. The number of ether oxygens (including phenoxy) is 2. The predicted molar refractivity (Wildman–Crippen MR) is 99.6 cm³/mol. The zero-order chi connectivity index (χ0) is 18.5. The Bertz CT molecular complexity index is 755. The minimum Gasteiger partial charge on any atom is -0.493 e. The van der Waals surface area contributed by atoms with Gasteiger partial charge in [-0.2, -0.15) is 0 Å². The van der Waals surface area contributed by atoms with Gasteiger partial charge in [0.15, 0.2) is 6.61 Å². The van der Waals surface area contributed by atoms with E-state index in [0.717, 1.165) is 23.3 Å². The number of hydrogen-bond acceptors (Lipinski definition) is 4. The van der Waals surface area contributed by atoms with E-state index in [4.69, 9.17) is 9.47 Å². The van der Waals surface area contributed by atoms with E-state index >= 15 is 0 Å². The van der Waals surface area contributed by atoms with Gasteiger partial charge in [-0.15, -0.1) is 0 Å². The molecule has 5 nitrogen and oxygen atoms in total. The highest BCUT2D eigenvalue weighted by Crippen LogP contribution is 2.28. The third-order valence-electron chi connectivity index (χ3n) is 4.51. The summed E-state index contributed by atoms with van der Waals surface area (Å²) in [6.07, 6.45) is 0.0984. The van der Waals surface area contributed by atoms with Crippen LogP contribution in [0.3, 0.4) is 0 Å². The molecule has 138 valence electrons. The number of hydrogen-bond donors (Lipinski definition) is 2. The first kappa shape index (κ1) is 18.3. The summed E-state index contributed by atoms with van der Waals surface area (Å²) >= 11 is 0. The second kappa shape index (κ2) is 8.23. The fraction of sp³-hybridized carbons (Fsp3) is 0.381. The largest absolute Gasteiger partial charge is 0.493 e. The highest BCUT2D eigenvalue weighted by Gasteiger charge is 2.16. The van der Waals surface area contributed by atoms with Crippen molar-refractivity contribution in [2.45, 2.75) is 32.3 Å². The van der Waals surface area contributed by atoms with Gasteiger partial charge >= 0.3 is 0 Å². The van der Waals surface area contributed by atoms with Crippen molar-refractivity contribution in [3.8, 4) is 11.5 Å². The molecule has 0 saturated heterocycles. The number of aliphatic hydroxyl groups is 1. The van der Waals surface area contributed by atoms with E-state index in [-0.39, 0.29) is 19.1 Å². The van der Waals surface area contributed by atoms with Crippen LogP contribution in [0.2, 0.25) is 0 Å². The molecule has 1 aliphatic rings. The quantitative estimate of drug-likeness (QED) is 0.801. The molecule has 1 amide bonds. The van der Waals surface area contributed by atoms with Gasteiger partial charge in [0, 0.05) is 13.0 Å². The predicted octanol–water partition coefficient (Wildman–Crippen LogP) is 2.97. The van der Waals surface area contributed by atoms with Crippen LogP contribution in [0.15, 0.2) is 42.5 Å². The number of fused-ring (bicyclic) bond motifs is 1. The van der Waals surface area contributed by atoms with Crippen LogP contribution in [0.25, 0.3) is 0 Å². The Kier molecular flexibility index (Phi) is 5.78. The molecule has 0 aromatic heterocycles. The Hall–Kier alpha value is -2.53. The molecule has 2 N–H and O–H groups in total. The van der Waals surface area contributed by atoms with Crippen molar-refractivity contribution in [3.63, 3.8) is 0 Å². The Morgan fingerprint density at radius 2 is 1.92 bits per heavy atom. The molecule has 2 aromatic rings. The maximum atomic E-state index is 11.9. The monoisotopic (exact) mass is 355 g/mol. The Morgan fingerprint density at radius 3 is 2.65 bits per heavy atom. The minimum absolute atomic E-state index is 0.0776. The van der Waals surface area contributed by atoms with E-state index in [1.54, 1.807) is 0 Å². The Labute approximate surface area is 153 Å². The van der Waals surface area contributed by atoms with E-state index in [9.17, 15) is 9.90 Å². The standard InChI is InChI=1S/C21H25NO4/c1-14(2)15-3-6-18(7-4-15)26-13-21(24)22-12-19(23)16-5-8-20-17(11-16)9-10-25-20/h3-8,11,14,19,23H,9-10,12-13H2,1-2H3,(H,22,24). The number of nitrogens with one attached hydrogen (secondary N) is 1. The van der Waals surface area contributed by atoms with Crippen LogP contribution < -0.4 is 14.8 Å². The summed E-state index contributed by atoms with van der Waals surface area (Å²) < 4.78 is 10.9. The molecule has 1 unspecified atom stereocenters. The van der Waals surface area contributed by atoms with Crippen molar-refractivity contribution in [2.75, 3.05) is 19.8 Å². The summed E-state index contributed by atoms with van der Waals surface area (Å²) in [5.74, 6) is 1.73. The third kappa shape index (κ3) is 4.55. The molecule has 1 aliphatic heterocycles. The Morgan fingerprint density at radius 1 is 1.19 bits per heavy atom. The van der Waals surface area contributed by atoms with Crippen molar-refractivity contribution in [2.24, 2.45) is 0 Å². The molecule has 2 aromatic carbocycles. The molecule has 1 atom stereocenters. The van der Waals surface area contributed by atoms with E-state index < -0.39 is 6.10 Å².